The molecule has 2 heterocycles. The Morgan fingerprint density at radius 1 is 1.19 bits per heavy atom. The predicted octanol–water partition coefficient (Wildman–Crippen LogP) is 4.34. The van der Waals surface area contributed by atoms with E-state index in [0.717, 1.165) is 49.4 Å². The second kappa shape index (κ2) is 10.8. The number of benzene rings is 2. The van der Waals surface area contributed by atoms with Gasteiger partial charge in [-0.25, -0.2) is 9.97 Å². The van der Waals surface area contributed by atoms with Gasteiger partial charge in [0.05, 0.1) is 10.7 Å². The minimum atomic E-state index is 0.101. The number of phenols is 1. The molecule has 168 valence electrons. The molecule has 0 amide bonds. The highest BCUT2D eigenvalue weighted by Gasteiger charge is 2.21. The largest absolute Gasteiger partial charge is 0.506 e. The average molecular weight is 452 g/mol. The lowest BCUT2D eigenvalue weighted by Gasteiger charge is -2.27. The summed E-state index contributed by atoms with van der Waals surface area (Å²) >= 11 is 5.99. The minimum absolute atomic E-state index is 0.101. The summed E-state index contributed by atoms with van der Waals surface area (Å²) in [5, 5.41) is 16.7. The number of nitrogens with one attached hydrogen (secondary N) is 2. The van der Waals surface area contributed by atoms with E-state index in [9.17, 15) is 5.11 Å². The van der Waals surface area contributed by atoms with Gasteiger partial charge in [0.2, 0.25) is 5.95 Å². The van der Waals surface area contributed by atoms with Gasteiger partial charge in [0, 0.05) is 37.4 Å². The molecule has 0 bridgehead atoms. The smallest absolute Gasteiger partial charge is 0.223 e. The first-order valence-electron chi connectivity index (χ1n) is 11.2. The summed E-state index contributed by atoms with van der Waals surface area (Å²) in [5.74, 6) is 0.702. The van der Waals surface area contributed by atoms with Crippen LogP contribution in [0, 0.1) is 0 Å². The van der Waals surface area contributed by atoms with Crippen molar-refractivity contribution in [3.05, 3.63) is 70.9 Å². The summed E-state index contributed by atoms with van der Waals surface area (Å²) in [4.78, 5) is 11.6. The van der Waals surface area contributed by atoms with E-state index in [1.165, 1.54) is 12.0 Å². The van der Waals surface area contributed by atoms with Crippen molar-refractivity contribution in [1.82, 2.24) is 20.2 Å². The van der Waals surface area contributed by atoms with E-state index in [-0.39, 0.29) is 5.75 Å². The zero-order valence-electron chi connectivity index (χ0n) is 18.4. The Labute approximate surface area is 194 Å². The van der Waals surface area contributed by atoms with Crippen molar-refractivity contribution in [2.45, 2.75) is 32.4 Å². The third-order valence-electron chi connectivity index (χ3n) is 5.93. The standard InChI is InChI=1S/C25H30ClN5O/c1-2-31(21-9-11-27-16-21)17-19-4-3-5-20(14-19)23-10-13-29-25(30-23)28-12-8-18-6-7-24(32)22(26)15-18/h3-7,10,13-15,21,27,32H,2,8-9,11-12,16-17H2,1H3,(H,28,29,30)/t21-/m1/s1. The molecule has 3 aromatic rings. The molecular weight excluding hydrogens is 422 g/mol. The van der Waals surface area contributed by atoms with E-state index in [1.807, 2.05) is 12.1 Å². The van der Waals surface area contributed by atoms with Gasteiger partial charge in [-0.15, -0.1) is 0 Å². The fourth-order valence-electron chi connectivity index (χ4n) is 4.14. The quantitative estimate of drug-likeness (QED) is 0.449. The number of hydrogen-bond acceptors (Lipinski definition) is 6. The highest BCUT2D eigenvalue weighted by atomic mass is 35.5. The van der Waals surface area contributed by atoms with Crippen molar-refractivity contribution in [3.8, 4) is 17.0 Å². The normalized spacial score (nSPS) is 15.9. The summed E-state index contributed by atoms with van der Waals surface area (Å²) in [6.07, 6.45) is 3.76. The highest BCUT2D eigenvalue weighted by Crippen LogP contribution is 2.24. The minimum Gasteiger partial charge on any atom is -0.506 e. The lowest BCUT2D eigenvalue weighted by molar-refractivity contribution is 0.210. The van der Waals surface area contributed by atoms with Crippen LogP contribution in [-0.4, -0.2) is 52.2 Å². The maximum absolute atomic E-state index is 9.55. The molecule has 3 N–H and O–H groups in total. The SMILES string of the molecule is CCN(Cc1cccc(-c2ccnc(NCCc3ccc(O)c(Cl)c3)n2)c1)[C@@H]1CCNC1. The molecule has 0 saturated carbocycles. The number of nitrogens with zero attached hydrogens (tertiary/aromatic N) is 3. The number of rotatable bonds is 9. The summed E-state index contributed by atoms with van der Waals surface area (Å²) < 4.78 is 0. The molecule has 2 aromatic carbocycles. The van der Waals surface area contributed by atoms with Crippen molar-refractivity contribution in [3.63, 3.8) is 0 Å². The first-order valence-corrected chi connectivity index (χ1v) is 11.6. The Kier molecular flexibility index (Phi) is 7.58. The first kappa shape index (κ1) is 22.5. The van der Waals surface area contributed by atoms with Crippen LogP contribution in [0.1, 0.15) is 24.5 Å². The van der Waals surface area contributed by atoms with E-state index < -0.39 is 0 Å². The summed E-state index contributed by atoms with van der Waals surface area (Å²) in [5.41, 5.74) is 4.34. The van der Waals surface area contributed by atoms with Gasteiger partial charge in [-0.2, -0.15) is 0 Å². The highest BCUT2D eigenvalue weighted by molar-refractivity contribution is 6.32. The van der Waals surface area contributed by atoms with E-state index in [2.05, 4.69) is 51.7 Å². The number of phenolic OH excluding ortho intramolecular Hbond substituents is 1. The van der Waals surface area contributed by atoms with Crippen LogP contribution in [0.2, 0.25) is 5.02 Å². The molecular formula is C25H30ClN5O. The Bertz CT molecular complexity index is 1040. The molecule has 1 aromatic heterocycles. The van der Waals surface area contributed by atoms with Crippen LogP contribution in [0.4, 0.5) is 5.95 Å². The maximum atomic E-state index is 9.55. The summed E-state index contributed by atoms with van der Waals surface area (Å²) in [7, 11) is 0. The molecule has 0 radical (unpaired) electrons. The van der Waals surface area contributed by atoms with E-state index in [1.54, 1.807) is 18.3 Å². The number of hydrogen-bond donors (Lipinski definition) is 3. The van der Waals surface area contributed by atoms with Gasteiger partial charge in [0.25, 0.3) is 0 Å². The Hall–Kier alpha value is -2.67. The van der Waals surface area contributed by atoms with Crippen LogP contribution in [0.5, 0.6) is 5.75 Å². The topological polar surface area (TPSA) is 73.3 Å². The molecule has 1 saturated heterocycles. The van der Waals surface area contributed by atoms with Gasteiger partial charge in [0.15, 0.2) is 0 Å². The zero-order valence-corrected chi connectivity index (χ0v) is 19.1. The number of aromatic hydroxyl groups is 1. The van der Waals surface area contributed by atoms with Crippen LogP contribution < -0.4 is 10.6 Å². The Balaban J connectivity index is 1.40. The third kappa shape index (κ3) is 5.76. The third-order valence-corrected chi connectivity index (χ3v) is 6.23. The van der Waals surface area contributed by atoms with Crippen molar-refractivity contribution in [2.24, 2.45) is 0 Å². The Morgan fingerprint density at radius 3 is 2.88 bits per heavy atom. The Morgan fingerprint density at radius 2 is 2.09 bits per heavy atom. The second-order valence-electron chi connectivity index (χ2n) is 8.14. The van der Waals surface area contributed by atoms with Gasteiger partial charge in [-0.3, -0.25) is 4.90 Å². The molecule has 1 fully saturated rings. The van der Waals surface area contributed by atoms with Crippen LogP contribution >= 0.6 is 11.6 Å². The van der Waals surface area contributed by atoms with E-state index in [0.29, 0.717) is 23.6 Å². The monoisotopic (exact) mass is 451 g/mol. The van der Waals surface area contributed by atoms with Crippen molar-refractivity contribution in [1.29, 1.82) is 0 Å². The molecule has 1 atom stereocenters. The molecule has 0 spiro atoms. The molecule has 1 aliphatic rings. The fraction of sp³-hybridized carbons (Fsp3) is 0.360. The summed E-state index contributed by atoms with van der Waals surface area (Å²) in [6, 6.07) is 16.5. The predicted molar refractivity (Wildman–Crippen MR) is 130 cm³/mol. The van der Waals surface area contributed by atoms with Crippen LogP contribution in [0.3, 0.4) is 0 Å². The van der Waals surface area contributed by atoms with Gasteiger partial charge in [0.1, 0.15) is 5.75 Å². The molecule has 7 heteroatoms. The molecule has 4 rings (SSSR count). The molecule has 0 aliphatic carbocycles. The number of halogens is 1. The number of anilines is 1. The molecule has 0 unspecified atom stereocenters. The molecule has 1 aliphatic heterocycles. The van der Waals surface area contributed by atoms with Gasteiger partial charge >= 0.3 is 0 Å². The number of likely N-dealkylation sites (N-methyl/N-ethyl adjacent to an activating group) is 1. The summed E-state index contributed by atoms with van der Waals surface area (Å²) in [6.45, 7) is 7.08. The lowest BCUT2D eigenvalue weighted by Crippen LogP contribution is -2.36. The molecule has 6 nitrogen and oxygen atoms in total. The van der Waals surface area contributed by atoms with Gasteiger partial charge in [-0.1, -0.05) is 42.8 Å². The van der Waals surface area contributed by atoms with Crippen molar-refractivity contribution in [2.75, 3.05) is 31.5 Å². The fourth-order valence-corrected chi connectivity index (χ4v) is 4.35. The van der Waals surface area contributed by atoms with Gasteiger partial charge in [-0.05, 0) is 61.3 Å². The zero-order chi connectivity index (χ0) is 22.3. The first-order chi connectivity index (χ1) is 15.6. The van der Waals surface area contributed by atoms with Crippen LogP contribution in [-0.2, 0) is 13.0 Å². The number of aromatic nitrogens is 2. The van der Waals surface area contributed by atoms with E-state index >= 15 is 0 Å². The van der Waals surface area contributed by atoms with E-state index in [4.69, 9.17) is 16.6 Å². The van der Waals surface area contributed by atoms with Crippen LogP contribution in [0.25, 0.3) is 11.3 Å². The maximum Gasteiger partial charge on any atom is 0.223 e. The second-order valence-corrected chi connectivity index (χ2v) is 8.55. The van der Waals surface area contributed by atoms with Crippen molar-refractivity contribution < 1.29 is 5.11 Å². The lowest BCUT2D eigenvalue weighted by atomic mass is 10.1. The average Bonchev–Trinajstić information content (AvgIpc) is 3.35. The van der Waals surface area contributed by atoms with Crippen LogP contribution in [0.15, 0.2) is 54.7 Å². The molecule has 32 heavy (non-hydrogen) atoms. The van der Waals surface area contributed by atoms with Crippen molar-refractivity contribution >= 4 is 17.5 Å². The van der Waals surface area contributed by atoms with Gasteiger partial charge < -0.3 is 15.7 Å².